The molecule has 1 heterocycles. The molecule has 0 spiro atoms. The van der Waals surface area contributed by atoms with Gasteiger partial charge in [-0.05, 0) is 19.9 Å². The van der Waals surface area contributed by atoms with Crippen molar-refractivity contribution in [1.82, 2.24) is 15.6 Å². The number of aliphatic imine (C=N–C) groups is 1. The molecule has 0 saturated heterocycles. The van der Waals surface area contributed by atoms with E-state index < -0.39 is 0 Å². The number of halogens is 1. The van der Waals surface area contributed by atoms with Gasteiger partial charge in [-0.2, -0.15) is 0 Å². The first-order valence-corrected chi connectivity index (χ1v) is 8.81. The van der Waals surface area contributed by atoms with E-state index in [1.54, 1.807) is 20.4 Å². The van der Waals surface area contributed by atoms with Gasteiger partial charge in [-0.1, -0.05) is 38.5 Å². The summed E-state index contributed by atoms with van der Waals surface area (Å²) in [5.41, 5.74) is 2.22. The van der Waals surface area contributed by atoms with E-state index in [1.165, 1.54) is 5.56 Å². The first kappa shape index (κ1) is 23.3. The molecule has 1 aromatic carbocycles. The van der Waals surface area contributed by atoms with Gasteiger partial charge in [0.2, 0.25) is 5.89 Å². The monoisotopic (exact) mass is 486 g/mol. The summed E-state index contributed by atoms with van der Waals surface area (Å²) in [4.78, 5) is 8.62. The Kier molecular flexibility index (Phi) is 8.59. The number of ether oxygens (including phenoxy) is 1. The minimum atomic E-state index is -0.0542. The Bertz CT molecular complexity index is 766. The second kappa shape index (κ2) is 9.96. The van der Waals surface area contributed by atoms with E-state index in [4.69, 9.17) is 9.15 Å². The van der Waals surface area contributed by atoms with Gasteiger partial charge in [-0.15, -0.1) is 24.0 Å². The van der Waals surface area contributed by atoms with Gasteiger partial charge in [0.25, 0.3) is 0 Å². The van der Waals surface area contributed by atoms with Crippen LogP contribution in [0, 0.1) is 6.92 Å². The summed E-state index contributed by atoms with van der Waals surface area (Å²) in [5, 5.41) is 6.63. The van der Waals surface area contributed by atoms with E-state index in [0.29, 0.717) is 18.4 Å². The van der Waals surface area contributed by atoms with E-state index >= 15 is 0 Å². The van der Waals surface area contributed by atoms with Gasteiger partial charge < -0.3 is 19.8 Å². The van der Waals surface area contributed by atoms with Gasteiger partial charge in [-0.25, -0.2) is 4.98 Å². The molecule has 0 aliphatic carbocycles. The molecule has 2 aromatic rings. The number of nitrogens with zero attached hydrogens (tertiary/aromatic N) is 2. The second-order valence-corrected chi connectivity index (χ2v) is 7.41. The molecule has 2 rings (SSSR count). The molecule has 2 N–H and O–H groups in total. The lowest BCUT2D eigenvalue weighted by molar-refractivity contribution is 0.379. The molecular weight excluding hydrogens is 455 g/mol. The number of nitrogens with one attached hydrogen (secondary N) is 2. The molecule has 0 amide bonds. The van der Waals surface area contributed by atoms with Crippen LogP contribution in [0.5, 0.6) is 5.75 Å². The Morgan fingerprint density at radius 1 is 1.33 bits per heavy atom. The third-order valence-electron chi connectivity index (χ3n) is 4.13. The highest BCUT2D eigenvalue weighted by Crippen LogP contribution is 2.26. The summed E-state index contributed by atoms with van der Waals surface area (Å²) in [7, 11) is 3.43. The van der Waals surface area contributed by atoms with Crippen LogP contribution in [0.2, 0.25) is 0 Å². The fraction of sp³-hybridized carbons (Fsp3) is 0.500. The Morgan fingerprint density at radius 3 is 2.59 bits per heavy atom. The molecule has 1 aromatic heterocycles. The van der Waals surface area contributed by atoms with Crippen LogP contribution in [0.4, 0.5) is 0 Å². The minimum absolute atomic E-state index is 0. The van der Waals surface area contributed by atoms with Gasteiger partial charge >= 0.3 is 0 Å². The molecule has 150 valence electrons. The maximum absolute atomic E-state index is 5.81. The molecule has 6 nitrogen and oxygen atoms in total. The fourth-order valence-electron chi connectivity index (χ4n) is 2.57. The highest BCUT2D eigenvalue weighted by Gasteiger charge is 2.19. The first-order valence-electron chi connectivity index (χ1n) is 8.81. The van der Waals surface area contributed by atoms with Crippen LogP contribution in [0.15, 0.2) is 33.8 Å². The molecule has 0 saturated carbocycles. The number of hydrogen-bond donors (Lipinski definition) is 2. The van der Waals surface area contributed by atoms with Crippen molar-refractivity contribution in [2.75, 3.05) is 14.2 Å². The molecule has 0 radical (unpaired) electrons. The van der Waals surface area contributed by atoms with Crippen molar-refractivity contribution in [3.63, 3.8) is 0 Å². The van der Waals surface area contributed by atoms with Crippen LogP contribution < -0.4 is 15.4 Å². The zero-order chi connectivity index (χ0) is 19.3. The third kappa shape index (κ3) is 6.41. The average molecular weight is 486 g/mol. The first-order chi connectivity index (χ1) is 12.2. The lowest BCUT2D eigenvalue weighted by Crippen LogP contribution is -2.38. The number of guanidine groups is 1. The summed E-state index contributed by atoms with van der Waals surface area (Å²) in [6, 6.07) is 6.18. The van der Waals surface area contributed by atoms with Crippen molar-refractivity contribution in [3.8, 4) is 5.75 Å². The van der Waals surface area contributed by atoms with Gasteiger partial charge in [-0.3, -0.25) is 4.99 Å². The number of aryl methyl sites for hydroxylation is 1. The third-order valence-corrected chi connectivity index (χ3v) is 4.13. The van der Waals surface area contributed by atoms with Gasteiger partial charge in [0, 0.05) is 18.0 Å². The van der Waals surface area contributed by atoms with Crippen LogP contribution in [-0.4, -0.2) is 25.1 Å². The Balaban J connectivity index is 0.00000364. The Hall–Kier alpha value is -1.77. The van der Waals surface area contributed by atoms with Crippen molar-refractivity contribution in [2.24, 2.45) is 4.99 Å². The quantitative estimate of drug-likeness (QED) is 0.374. The molecule has 7 heteroatoms. The van der Waals surface area contributed by atoms with Crippen LogP contribution in [0.1, 0.15) is 56.5 Å². The second-order valence-electron chi connectivity index (χ2n) is 7.41. The highest BCUT2D eigenvalue weighted by molar-refractivity contribution is 14.0. The Labute approximate surface area is 179 Å². The topological polar surface area (TPSA) is 71.7 Å². The lowest BCUT2D eigenvalue weighted by Gasteiger charge is -2.20. The van der Waals surface area contributed by atoms with Crippen LogP contribution >= 0.6 is 24.0 Å². The summed E-state index contributed by atoms with van der Waals surface area (Å²) in [6.07, 6.45) is 1.79. The smallest absolute Gasteiger partial charge is 0.213 e. The molecule has 1 unspecified atom stereocenters. The number of benzene rings is 1. The van der Waals surface area contributed by atoms with Crippen LogP contribution in [-0.2, 0) is 12.0 Å². The lowest BCUT2D eigenvalue weighted by atomic mass is 9.94. The zero-order valence-corrected chi connectivity index (χ0v) is 19.5. The SMILES string of the molecule is CN=C(NCc1ncc(C(C)(C)C)o1)NC(C)c1cc(C)ccc1OC.I. The van der Waals surface area contributed by atoms with Crippen LogP contribution in [0.3, 0.4) is 0 Å². The van der Waals surface area contributed by atoms with Gasteiger partial charge in [0.15, 0.2) is 5.96 Å². The Morgan fingerprint density at radius 2 is 2.04 bits per heavy atom. The standard InChI is InChI=1S/C20H30N4O2.HI/c1-13-8-9-16(25-7)15(10-13)14(2)24-19(21-6)23-12-18-22-11-17(26-18)20(3,4)5;/h8-11,14H,12H2,1-7H3,(H2,21,23,24);1H. The largest absolute Gasteiger partial charge is 0.496 e. The average Bonchev–Trinajstić information content (AvgIpc) is 3.07. The van der Waals surface area contributed by atoms with E-state index in [9.17, 15) is 0 Å². The molecule has 1 atom stereocenters. The molecule has 0 bridgehead atoms. The number of hydrogen-bond acceptors (Lipinski definition) is 4. The van der Waals surface area contributed by atoms with Gasteiger partial charge in [0.1, 0.15) is 11.5 Å². The molecule has 0 fully saturated rings. The summed E-state index contributed by atoms with van der Waals surface area (Å²) < 4.78 is 11.3. The van der Waals surface area contributed by atoms with Crippen molar-refractivity contribution in [2.45, 2.75) is 52.6 Å². The number of aromatic nitrogens is 1. The molecule has 27 heavy (non-hydrogen) atoms. The number of methoxy groups -OCH3 is 1. The minimum Gasteiger partial charge on any atom is -0.496 e. The maximum Gasteiger partial charge on any atom is 0.213 e. The number of oxazole rings is 1. The van der Waals surface area contributed by atoms with Crippen molar-refractivity contribution in [3.05, 3.63) is 47.2 Å². The molecular formula is C20H31IN4O2. The van der Waals surface area contributed by atoms with Crippen LogP contribution in [0.25, 0.3) is 0 Å². The van der Waals surface area contributed by atoms with E-state index in [1.807, 2.05) is 12.1 Å². The van der Waals surface area contributed by atoms with Crippen molar-refractivity contribution < 1.29 is 9.15 Å². The van der Waals surface area contributed by atoms with Gasteiger partial charge in [0.05, 0.1) is 25.9 Å². The molecule has 0 aliphatic heterocycles. The normalized spacial score (nSPS) is 12.9. The highest BCUT2D eigenvalue weighted by atomic mass is 127. The predicted octanol–water partition coefficient (Wildman–Crippen LogP) is 4.33. The van der Waals surface area contributed by atoms with Crippen molar-refractivity contribution >= 4 is 29.9 Å². The van der Waals surface area contributed by atoms with E-state index in [2.05, 4.69) is 61.3 Å². The zero-order valence-electron chi connectivity index (χ0n) is 17.2. The predicted molar refractivity (Wildman–Crippen MR) is 120 cm³/mol. The summed E-state index contributed by atoms with van der Waals surface area (Å²) >= 11 is 0. The fourth-order valence-corrected chi connectivity index (χ4v) is 2.57. The van der Waals surface area contributed by atoms with Crippen molar-refractivity contribution in [1.29, 1.82) is 0 Å². The maximum atomic E-state index is 5.81. The van der Waals surface area contributed by atoms with E-state index in [-0.39, 0.29) is 35.4 Å². The summed E-state index contributed by atoms with van der Waals surface area (Å²) in [6.45, 7) is 10.9. The number of rotatable bonds is 5. The van der Waals surface area contributed by atoms with E-state index in [0.717, 1.165) is 17.1 Å². The summed E-state index contributed by atoms with van der Waals surface area (Å²) in [5.74, 6) is 3.04. The molecule has 0 aliphatic rings.